The fourth-order valence-electron chi connectivity index (χ4n) is 3.12. The number of amides is 1. The molecule has 0 aliphatic heterocycles. The highest BCUT2D eigenvalue weighted by Gasteiger charge is 2.45. The minimum Gasteiger partial charge on any atom is -0.368 e. The van der Waals surface area contributed by atoms with Crippen LogP contribution >= 0.6 is 23.4 Å². The summed E-state index contributed by atoms with van der Waals surface area (Å²) in [4.78, 5) is 12.9. The number of hydrogen-bond acceptors (Lipinski definition) is 3. The normalized spacial score (nSPS) is 25.8. The number of carbonyl (C=O) groups is 1. The Morgan fingerprint density at radius 1 is 1.55 bits per heavy atom. The Morgan fingerprint density at radius 3 is 2.95 bits per heavy atom. The van der Waals surface area contributed by atoms with E-state index in [1.807, 2.05) is 31.3 Å². The summed E-state index contributed by atoms with van der Waals surface area (Å²) in [6.07, 6.45) is 3.94. The summed E-state index contributed by atoms with van der Waals surface area (Å²) in [5, 5.41) is 3.97. The summed E-state index contributed by atoms with van der Waals surface area (Å²) in [5.41, 5.74) is 5.10. The van der Waals surface area contributed by atoms with E-state index < -0.39 is 5.54 Å². The number of hydrogen-bond donors (Lipinski definition) is 2. The number of likely N-dealkylation sites (N-methyl/N-ethyl adjacent to an activating group) is 1. The van der Waals surface area contributed by atoms with Crippen LogP contribution in [0.1, 0.15) is 25.7 Å². The molecule has 2 unspecified atom stereocenters. The van der Waals surface area contributed by atoms with E-state index in [-0.39, 0.29) is 5.91 Å². The van der Waals surface area contributed by atoms with Crippen molar-refractivity contribution in [2.75, 3.05) is 12.8 Å². The predicted molar refractivity (Wildman–Crippen MR) is 85.1 cm³/mol. The molecule has 3 nitrogen and oxygen atoms in total. The molecule has 1 aliphatic carbocycles. The molecule has 0 aromatic heterocycles. The molecule has 3 N–H and O–H groups in total. The number of nitrogens with two attached hydrogens (primary N) is 1. The van der Waals surface area contributed by atoms with Crippen molar-refractivity contribution in [3.05, 3.63) is 29.3 Å². The number of rotatable bonds is 6. The Labute approximate surface area is 129 Å². The number of thioether (sulfide) groups is 1. The zero-order chi connectivity index (χ0) is 14.6. The Bertz CT molecular complexity index is 483. The third-order valence-electron chi connectivity index (χ3n) is 4.27. The van der Waals surface area contributed by atoms with Gasteiger partial charge in [-0.2, -0.15) is 0 Å². The summed E-state index contributed by atoms with van der Waals surface area (Å²) < 4.78 is 0. The van der Waals surface area contributed by atoms with Crippen molar-refractivity contribution in [1.82, 2.24) is 5.32 Å². The third kappa shape index (κ3) is 3.13. The van der Waals surface area contributed by atoms with Crippen LogP contribution in [0.5, 0.6) is 0 Å². The van der Waals surface area contributed by atoms with E-state index >= 15 is 0 Å². The van der Waals surface area contributed by atoms with Crippen molar-refractivity contribution in [1.29, 1.82) is 0 Å². The largest absolute Gasteiger partial charge is 0.368 e. The Kier molecular flexibility index (Phi) is 5.35. The Balaban J connectivity index is 1.94. The number of carbonyl (C=O) groups excluding carboxylic acids is 1. The van der Waals surface area contributed by atoms with E-state index in [2.05, 4.69) is 5.32 Å². The van der Waals surface area contributed by atoms with E-state index in [0.29, 0.717) is 5.92 Å². The van der Waals surface area contributed by atoms with E-state index in [1.165, 1.54) is 0 Å². The summed E-state index contributed by atoms with van der Waals surface area (Å²) in [7, 11) is 1.84. The van der Waals surface area contributed by atoms with Gasteiger partial charge in [0.05, 0.1) is 5.02 Å². The molecule has 1 aromatic rings. The molecule has 110 valence electrons. The van der Waals surface area contributed by atoms with Crippen LogP contribution in [0.4, 0.5) is 0 Å². The summed E-state index contributed by atoms with van der Waals surface area (Å²) in [6, 6.07) is 7.86. The van der Waals surface area contributed by atoms with Crippen molar-refractivity contribution in [2.45, 2.75) is 36.1 Å². The molecule has 1 aliphatic rings. The van der Waals surface area contributed by atoms with Gasteiger partial charge in [-0.25, -0.2) is 0 Å². The number of primary amides is 1. The van der Waals surface area contributed by atoms with E-state index in [4.69, 9.17) is 17.3 Å². The third-order valence-corrected chi connectivity index (χ3v) is 5.82. The van der Waals surface area contributed by atoms with Gasteiger partial charge in [0.2, 0.25) is 5.91 Å². The van der Waals surface area contributed by atoms with E-state index in [1.54, 1.807) is 11.8 Å². The molecule has 1 amide bonds. The van der Waals surface area contributed by atoms with Crippen molar-refractivity contribution in [3.8, 4) is 0 Å². The maximum atomic E-state index is 11.8. The van der Waals surface area contributed by atoms with Crippen LogP contribution in [0.15, 0.2) is 29.2 Å². The lowest BCUT2D eigenvalue weighted by atomic mass is 9.84. The molecule has 0 spiro atoms. The quantitative estimate of drug-likeness (QED) is 0.794. The molecule has 5 heteroatoms. The second kappa shape index (κ2) is 6.83. The van der Waals surface area contributed by atoms with Gasteiger partial charge in [-0.05, 0) is 50.1 Å². The first kappa shape index (κ1) is 15.7. The van der Waals surface area contributed by atoms with Gasteiger partial charge in [-0.1, -0.05) is 30.2 Å². The average molecular weight is 313 g/mol. The maximum Gasteiger partial charge on any atom is 0.238 e. The molecule has 2 atom stereocenters. The highest BCUT2D eigenvalue weighted by atomic mass is 35.5. The molecule has 0 heterocycles. The van der Waals surface area contributed by atoms with Gasteiger partial charge in [0.25, 0.3) is 0 Å². The van der Waals surface area contributed by atoms with Crippen LogP contribution in [0.25, 0.3) is 0 Å². The van der Waals surface area contributed by atoms with Crippen LogP contribution in [-0.4, -0.2) is 24.2 Å². The molecule has 2 rings (SSSR count). The van der Waals surface area contributed by atoms with Gasteiger partial charge < -0.3 is 11.1 Å². The van der Waals surface area contributed by atoms with Crippen molar-refractivity contribution >= 4 is 29.3 Å². The lowest BCUT2D eigenvalue weighted by Gasteiger charge is -2.32. The highest BCUT2D eigenvalue weighted by molar-refractivity contribution is 7.99. The molecule has 1 fully saturated rings. The molecule has 0 saturated heterocycles. The smallest absolute Gasteiger partial charge is 0.238 e. The summed E-state index contributed by atoms with van der Waals surface area (Å²) in [6.45, 7) is 0. The molecule has 0 bridgehead atoms. The zero-order valence-corrected chi connectivity index (χ0v) is 13.3. The van der Waals surface area contributed by atoms with E-state index in [0.717, 1.165) is 41.4 Å². The fourth-order valence-corrected chi connectivity index (χ4v) is 4.42. The van der Waals surface area contributed by atoms with Crippen molar-refractivity contribution < 1.29 is 4.79 Å². The second-order valence-corrected chi connectivity index (χ2v) is 6.79. The Hall–Kier alpha value is -0.710. The van der Waals surface area contributed by atoms with Crippen molar-refractivity contribution in [3.63, 3.8) is 0 Å². The number of halogens is 1. The van der Waals surface area contributed by atoms with Gasteiger partial charge in [0.15, 0.2) is 0 Å². The second-order valence-electron chi connectivity index (χ2n) is 5.24. The molecular formula is C15H21ClN2OS. The maximum absolute atomic E-state index is 11.8. The van der Waals surface area contributed by atoms with Crippen LogP contribution < -0.4 is 11.1 Å². The van der Waals surface area contributed by atoms with Gasteiger partial charge in [0, 0.05) is 4.90 Å². The SMILES string of the molecule is CNC1(C(N)=O)CCCC1CCSc1ccccc1Cl. The van der Waals surface area contributed by atoms with Crippen LogP contribution in [0, 0.1) is 5.92 Å². The summed E-state index contributed by atoms with van der Waals surface area (Å²) >= 11 is 7.89. The van der Waals surface area contributed by atoms with E-state index in [9.17, 15) is 4.79 Å². The first-order valence-corrected chi connectivity index (χ1v) is 8.32. The lowest BCUT2D eigenvalue weighted by molar-refractivity contribution is -0.125. The first-order valence-electron chi connectivity index (χ1n) is 6.96. The molecule has 1 saturated carbocycles. The zero-order valence-electron chi connectivity index (χ0n) is 11.7. The van der Waals surface area contributed by atoms with Gasteiger partial charge in [0.1, 0.15) is 5.54 Å². The van der Waals surface area contributed by atoms with Crippen molar-refractivity contribution in [2.24, 2.45) is 11.7 Å². The minimum absolute atomic E-state index is 0.217. The van der Waals surface area contributed by atoms with Crippen LogP contribution in [0.2, 0.25) is 5.02 Å². The van der Waals surface area contributed by atoms with Gasteiger partial charge >= 0.3 is 0 Å². The minimum atomic E-state index is -0.513. The summed E-state index contributed by atoms with van der Waals surface area (Å²) in [5.74, 6) is 1.05. The molecule has 1 aromatic carbocycles. The van der Waals surface area contributed by atoms with Crippen LogP contribution in [-0.2, 0) is 4.79 Å². The standard InChI is InChI=1S/C15H21ClN2OS/c1-18-15(14(17)19)9-4-5-11(15)8-10-20-13-7-3-2-6-12(13)16/h2-3,6-7,11,18H,4-5,8-10H2,1H3,(H2,17,19). The first-order chi connectivity index (χ1) is 9.60. The molecular weight excluding hydrogens is 292 g/mol. The Morgan fingerprint density at radius 2 is 2.30 bits per heavy atom. The fraction of sp³-hybridized carbons (Fsp3) is 0.533. The lowest BCUT2D eigenvalue weighted by Crippen LogP contribution is -2.56. The predicted octanol–water partition coefficient (Wildman–Crippen LogP) is 3.07. The number of nitrogens with one attached hydrogen (secondary N) is 1. The van der Waals surface area contributed by atoms with Crippen LogP contribution in [0.3, 0.4) is 0 Å². The number of benzene rings is 1. The highest BCUT2D eigenvalue weighted by Crippen LogP contribution is 2.39. The monoisotopic (exact) mass is 312 g/mol. The van der Waals surface area contributed by atoms with Gasteiger partial charge in [-0.15, -0.1) is 11.8 Å². The topological polar surface area (TPSA) is 55.1 Å². The molecule has 0 radical (unpaired) electrons. The molecule has 20 heavy (non-hydrogen) atoms. The average Bonchev–Trinajstić information content (AvgIpc) is 2.85. The van der Waals surface area contributed by atoms with Gasteiger partial charge in [-0.3, -0.25) is 4.79 Å².